The van der Waals surface area contributed by atoms with Crippen LogP contribution in [0, 0.1) is 0 Å². The Morgan fingerprint density at radius 3 is 2.79 bits per heavy atom. The molecule has 0 aliphatic carbocycles. The highest BCUT2D eigenvalue weighted by molar-refractivity contribution is 5.42. The van der Waals surface area contributed by atoms with Crippen molar-refractivity contribution >= 4 is 0 Å². The van der Waals surface area contributed by atoms with Crippen molar-refractivity contribution in [1.82, 2.24) is 15.1 Å². The summed E-state index contributed by atoms with van der Waals surface area (Å²) >= 11 is 0. The molecular formula is C18H19N3O3. The summed E-state index contributed by atoms with van der Waals surface area (Å²) in [6.07, 6.45) is 1.66. The average Bonchev–Trinajstić information content (AvgIpc) is 3.29. The molecule has 1 saturated heterocycles. The molecule has 2 aromatic heterocycles. The molecular weight excluding hydrogens is 306 g/mol. The largest absolute Gasteiger partial charge is 0.459 e. The fraction of sp³-hybridized carbons (Fsp3) is 0.333. The van der Waals surface area contributed by atoms with Crippen LogP contribution in [0.2, 0.25) is 0 Å². The fourth-order valence-corrected chi connectivity index (χ4v) is 2.89. The van der Waals surface area contributed by atoms with Gasteiger partial charge in [-0.2, -0.15) is 0 Å². The molecule has 24 heavy (non-hydrogen) atoms. The Kier molecular flexibility index (Phi) is 4.15. The fourth-order valence-electron chi connectivity index (χ4n) is 2.89. The Bertz CT molecular complexity index is 770. The van der Waals surface area contributed by atoms with Crippen LogP contribution in [0.1, 0.15) is 24.5 Å². The summed E-state index contributed by atoms with van der Waals surface area (Å²) in [7, 11) is 0. The highest BCUT2D eigenvalue weighted by atomic mass is 16.5. The molecule has 124 valence electrons. The molecule has 6 heteroatoms. The van der Waals surface area contributed by atoms with Gasteiger partial charge in [0.25, 0.3) is 5.89 Å². The van der Waals surface area contributed by atoms with E-state index in [-0.39, 0.29) is 6.10 Å². The van der Waals surface area contributed by atoms with E-state index < -0.39 is 0 Å². The third kappa shape index (κ3) is 3.11. The quantitative estimate of drug-likeness (QED) is 0.733. The van der Waals surface area contributed by atoms with Gasteiger partial charge >= 0.3 is 0 Å². The van der Waals surface area contributed by atoms with Crippen molar-refractivity contribution in [3.8, 4) is 11.7 Å². The van der Waals surface area contributed by atoms with Gasteiger partial charge in [-0.1, -0.05) is 30.3 Å². The molecule has 3 aromatic rings. The number of nitrogens with zero attached hydrogens (tertiary/aromatic N) is 3. The normalized spacial score (nSPS) is 21.9. The highest BCUT2D eigenvalue weighted by Gasteiger charge is 2.28. The van der Waals surface area contributed by atoms with Gasteiger partial charge in [0.05, 0.1) is 25.5 Å². The predicted octanol–water partition coefficient (Wildman–Crippen LogP) is 3.29. The first kappa shape index (κ1) is 15.1. The molecule has 1 aliphatic heterocycles. The first-order chi connectivity index (χ1) is 11.8. The summed E-state index contributed by atoms with van der Waals surface area (Å²) in [6, 6.07) is 14.2. The van der Waals surface area contributed by atoms with Gasteiger partial charge in [0, 0.05) is 12.6 Å². The van der Waals surface area contributed by atoms with Crippen LogP contribution in [-0.2, 0) is 11.3 Å². The van der Waals surface area contributed by atoms with E-state index in [0.29, 0.717) is 36.7 Å². The van der Waals surface area contributed by atoms with E-state index >= 15 is 0 Å². The van der Waals surface area contributed by atoms with E-state index in [1.165, 1.54) is 5.56 Å². The van der Waals surface area contributed by atoms with Crippen molar-refractivity contribution in [3.63, 3.8) is 0 Å². The second kappa shape index (κ2) is 6.59. The zero-order valence-electron chi connectivity index (χ0n) is 13.5. The molecule has 0 N–H and O–H groups in total. The van der Waals surface area contributed by atoms with Gasteiger partial charge in [-0.05, 0) is 24.6 Å². The summed E-state index contributed by atoms with van der Waals surface area (Å²) in [6.45, 7) is 4.22. The maximum Gasteiger partial charge on any atom is 0.283 e. The molecule has 2 atom stereocenters. The van der Waals surface area contributed by atoms with Gasteiger partial charge in [0.15, 0.2) is 5.76 Å². The number of rotatable bonds is 4. The Balaban J connectivity index is 1.47. The molecule has 1 aliphatic rings. The number of benzene rings is 1. The van der Waals surface area contributed by atoms with Crippen LogP contribution >= 0.6 is 0 Å². The van der Waals surface area contributed by atoms with Gasteiger partial charge in [0.1, 0.15) is 0 Å². The third-order valence-electron chi connectivity index (χ3n) is 4.27. The first-order valence-corrected chi connectivity index (χ1v) is 8.06. The van der Waals surface area contributed by atoms with Crippen molar-refractivity contribution in [2.24, 2.45) is 0 Å². The van der Waals surface area contributed by atoms with Crippen LogP contribution < -0.4 is 0 Å². The lowest BCUT2D eigenvalue weighted by molar-refractivity contribution is -0.0655. The van der Waals surface area contributed by atoms with Gasteiger partial charge in [-0.25, -0.2) is 0 Å². The van der Waals surface area contributed by atoms with Crippen LogP contribution in [0.3, 0.4) is 0 Å². The van der Waals surface area contributed by atoms with E-state index in [9.17, 15) is 0 Å². The van der Waals surface area contributed by atoms with Crippen molar-refractivity contribution in [2.75, 3.05) is 13.2 Å². The van der Waals surface area contributed by atoms with Gasteiger partial charge in [-0.3, -0.25) is 4.90 Å². The van der Waals surface area contributed by atoms with Crippen molar-refractivity contribution < 1.29 is 13.6 Å². The van der Waals surface area contributed by atoms with E-state index in [1.807, 2.05) is 18.2 Å². The maximum absolute atomic E-state index is 5.99. The standard InChI is InChI=1S/C18H19N3O3/c1-13-12-23-16(14-6-3-2-4-7-14)10-21(13)11-17-19-20-18(24-17)15-8-5-9-22-15/h2-9,13,16H,10-12H2,1H3/t13-,16+/m1/s1. The number of hydrogen-bond acceptors (Lipinski definition) is 6. The molecule has 0 amide bonds. The van der Waals surface area contributed by atoms with Crippen LogP contribution in [0.15, 0.2) is 57.6 Å². The van der Waals surface area contributed by atoms with E-state index in [2.05, 4.69) is 34.2 Å². The summed E-state index contributed by atoms with van der Waals surface area (Å²) < 4.78 is 17.0. The summed E-state index contributed by atoms with van der Waals surface area (Å²) in [4.78, 5) is 2.31. The Morgan fingerprint density at radius 2 is 2.00 bits per heavy atom. The average molecular weight is 325 g/mol. The molecule has 0 spiro atoms. The number of furan rings is 1. The van der Waals surface area contributed by atoms with E-state index in [1.54, 1.807) is 18.4 Å². The Hall–Kier alpha value is -2.44. The number of morpholine rings is 1. The minimum Gasteiger partial charge on any atom is -0.459 e. The predicted molar refractivity (Wildman–Crippen MR) is 87.0 cm³/mol. The lowest BCUT2D eigenvalue weighted by Crippen LogP contribution is -2.44. The monoisotopic (exact) mass is 325 g/mol. The van der Waals surface area contributed by atoms with E-state index in [0.717, 1.165) is 6.54 Å². The smallest absolute Gasteiger partial charge is 0.283 e. The zero-order chi connectivity index (χ0) is 16.4. The van der Waals surface area contributed by atoms with Crippen molar-refractivity contribution in [1.29, 1.82) is 0 Å². The molecule has 0 saturated carbocycles. The third-order valence-corrected chi connectivity index (χ3v) is 4.27. The van der Waals surface area contributed by atoms with Crippen LogP contribution in [-0.4, -0.2) is 34.3 Å². The Labute approximate surface area is 140 Å². The molecule has 0 bridgehead atoms. The van der Waals surface area contributed by atoms with Crippen LogP contribution in [0.25, 0.3) is 11.7 Å². The summed E-state index contributed by atoms with van der Waals surface area (Å²) in [5, 5.41) is 8.20. The van der Waals surface area contributed by atoms with Gasteiger partial charge in [0.2, 0.25) is 5.89 Å². The Morgan fingerprint density at radius 1 is 1.12 bits per heavy atom. The molecule has 0 radical (unpaired) electrons. The second-order valence-electron chi connectivity index (χ2n) is 5.99. The minimum absolute atomic E-state index is 0.0647. The summed E-state index contributed by atoms with van der Waals surface area (Å²) in [5.41, 5.74) is 1.19. The summed E-state index contributed by atoms with van der Waals surface area (Å²) in [5.74, 6) is 1.59. The first-order valence-electron chi connectivity index (χ1n) is 8.06. The highest BCUT2D eigenvalue weighted by Crippen LogP contribution is 2.26. The molecule has 4 rings (SSSR count). The number of aromatic nitrogens is 2. The molecule has 1 aromatic carbocycles. The molecule has 1 fully saturated rings. The lowest BCUT2D eigenvalue weighted by atomic mass is 10.1. The van der Waals surface area contributed by atoms with Gasteiger partial charge in [-0.15, -0.1) is 10.2 Å². The lowest BCUT2D eigenvalue weighted by Gasteiger charge is -2.37. The molecule has 3 heterocycles. The second-order valence-corrected chi connectivity index (χ2v) is 5.99. The van der Waals surface area contributed by atoms with Crippen LogP contribution in [0.4, 0.5) is 0 Å². The van der Waals surface area contributed by atoms with Gasteiger partial charge < -0.3 is 13.6 Å². The minimum atomic E-state index is 0.0647. The topological polar surface area (TPSA) is 64.5 Å². The number of hydrogen-bond donors (Lipinski definition) is 0. The van der Waals surface area contributed by atoms with Crippen molar-refractivity contribution in [2.45, 2.75) is 25.6 Å². The molecule has 0 unspecified atom stereocenters. The van der Waals surface area contributed by atoms with Crippen molar-refractivity contribution in [3.05, 3.63) is 60.2 Å². The molecule has 6 nitrogen and oxygen atoms in total. The number of ether oxygens (including phenoxy) is 1. The zero-order valence-corrected chi connectivity index (χ0v) is 13.5. The van der Waals surface area contributed by atoms with E-state index in [4.69, 9.17) is 13.6 Å². The SMILES string of the molecule is C[C@@H]1CO[C@H](c2ccccc2)CN1Cc1nnc(-c2ccco2)o1. The maximum atomic E-state index is 5.99. The van der Waals surface area contributed by atoms with Crippen LogP contribution in [0.5, 0.6) is 0 Å².